The number of aromatic amines is 2. The molecule has 0 saturated carbocycles. The van der Waals surface area contributed by atoms with E-state index in [2.05, 4.69) is 46.2 Å². The number of hydrogen-bond donors (Lipinski definition) is 3. The van der Waals surface area contributed by atoms with Crippen molar-refractivity contribution in [2.75, 3.05) is 5.73 Å². The number of nitrogens with two attached hydrogens (primary N) is 1. The van der Waals surface area contributed by atoms with Gasteiger partial charge in [0.2, 0.25) is 0 Å². The Morgan fingerprint density at radius 1 is 0.808 bits per heavy atom. The first-order chi connectivity index (χ1) is 12.3. The van der Waals surface area contributed by atoms with Crippen LogP contribution in [0.1, 0.15) is 0 Å². The summed E-state index contributed by atoms with van der Waals surface area (Å²) in [7, 11) is 0. The molecule has 2 aromatic carbocycles. The van der Waals surface area contributed by atoms with E-state index in [1.54, 1.807) is 24.3 Å². The predicted octanol–water partition coefficient (Wildman–Crippen LogP) is 3.12. The summed E-state index contributed by atoms with van der Waals surface area (Å²) in [4.78, 5) is 38.7. The molecule has 0 radical (unpaired) electrons. The first kappa shape index (κ1) is 18.2. The van der Waals surface area contributed by atoms with Crippen molar-refractivity contribution in [2.24, 2.45) is 0 Å². The van der Waals surface area contributed by atoms with Crippen LogP contribution in [0.4, 0.5) is 5.82 Å². The van der Waals surface area contributed by atoms with Gasteiger partial charge in [-0.2, -0.15) is 0 Å². The molecule has 2 aromatic heterocycles. The summed E-state index contributed by atoms with van der Waals surface area (Å²) in [6.45, 7) is 0. The van der Waals surface area contributed by atoms with Gasteiger partial charge >= 0.3 is 11.4 Å². The molecule has 0 bridgehead atoms. The minimum absolute atomic E-state index is 0.0625. The van der Waals surface area contributed by atoms with Crippen molar-refractivity contribution in [1.29, 1.82) is 0 Å². The van der Waals surface area contributed by atoms with E-state index in [0.29, 0.717) is 22.1 Å². The Morgan fingerprint density at radius 3 is 2.04 bits per heavy atom. The van der Waals surface area contributed by atoms with Crippen LogP contribution in [0.25, 0.3) is 21.8 Å². The molecular weight excluding hydrogens is 470 g/mol. The number of pyridine rings is 1. The highest BCUT2D eigenvalue weighted by Gasteiger charge is 2.02. The lowest BCUT2D eigenvalue weighted by molar-refractivity contribution is 0.460. The summed E-state index contributed by atoms with van der Waals surface area (Å²) in [6.07, 6.45) is 0. The second-order valence-electron chi connectivity index (χ2n) is 5.27. The molecule has 132 valence electrons. The molecule has 7 nitrogen and oxygen atoms in total. The molecule has 9 heteroatoms. The Hall–Kier alpha value is -2.65. The van der Waals surface area contributed by atoms with E-state index in [4.69, 9.17) is 5.73 Å². The van der Waals surface area contributed by atoms with E-state index in [1.165, 1.54) is 6.07 Å². The van der Waals surface area contributed by atoms with Crippen molar-refractivity contribution in [3.8, 4) is 0 Å². The summed E-state index contributed by atoms with van der Waals surface area (Å²) < 4.78 is 6.01. The number of hydrogen-bond acceptors (Lipinski definition) is 5. The van der Waals surface area contributed by atoms with E-state index in [-0.39, 0.29) is 5.43 Å². The largest absolute Gasteiger partial charge is 0.419 e. The van der Waals surface area contributed by atoms with Crippen LogP contribution >= 0.6 is 31.9 Å². The van der Waals surface area contributed by atoms with Crippen molar-refractivity contribution in [3.05, 3.63) is 82.6 Å². The van der Waals surface area contributed by atoms with Crippen LogP contribution in [0.2, 0.25) is 0 Å². The van der Waals surface area contributed by atoms with Crippen LogP contribution in [0, 0.1) is 0 Å². The Kier molecular flexibility index (Phi) is 5.10. The van der Waals surface area contributed by atoms with E-state index >= 15 is 0 Å². The number of rotatable bonds is 0. The lowest BCUT2D eigenvalue weighted by Crippen LogP contribution is -2.14. The van der Waals surface area contributed by atoms with Crippen molar-refractivity contribution in [2.45, 2.75) is 0 Å². The van der Waals surface area contributed by atoms with Crippen LogP contribution < -0.4 is 22.5 Å². The van der Waals surface area contributed by atoms with Crippen LogP contribution in [0.15, 0.2) is 70.2 Å². The average Bonchev–Trinajstić information content (AvgIpc) is 2.57. The van der Waals surface area contributed by atoms with Crippen LogP contribution in [0.5, 0.6) is 0 Å². The van der Waals surface area contributed by atoms with Gasteiger partial charge in [-0.25, -0.2) is 9.59 Å². The highest BCUT2D eigenvalue weighted by Crippen LogP contribution is 2.16. The molecule has 0 saturated heterocycles. The van der Waals surface area contributed by atoms with Gasteiger partial charge in [-0.15, -0.1) is 0 Å². The van der Waals surface area contributed by atoms with Gasteiger partial charge in [-0.1, -0.05) is 31.9 Å². The number of H-pyrrole nitrogens is 2. The quantitative estimate of drug-likeness (QED) is 0.357. The maximum Gasteiger partial charge on any atom is 0.419 e. The molecule has 4 aromatic rings. The first-order valence-corrected chi connectivity index (χ1v) is 8.83. The van der Waals surface area contributed by atoms with E-state index < -0.39 is 11.4 Å². The Labute approximate surface area is 162 Å². The van der Waals surface area contributed by atoms with Gasteiger partial charge in [-0.3, -0.25) is 9.78 Å². The van der Waals surface area contributed by atoms with E-state index in [1.807, 2.05) is 12.1 Å². The number of nitrogen functional groups attached to an aromatic ring is 1. The van der Waals surface area contributed by atoms with Crippen LogP contribution in [-0.4, -0.2) is 9.97 Å². The smallest absolute Gasteiger partial charge is 0.385 e. The fraction of sp³-hybridized carbons (Fsp3) is 0. The zero-order valence-electron chi connectivity index (χ0n) is 13.0. The molecular formula is C17H11Br2N3O4. The molecule has 0 aliphatic carbocycles. The molecule has 0 unspecified atom stereocenters. The van der Waals surface area contributed by atoms with Crippen molar-refractivity contribution >= 4 is 59.5 Å². The SMILES string of the molecule is Nc1cc(=O)c2cc(Br)ccc2[nH]1.O=c1[nH]c2ccc(Br)cc2c(=O)o1. The summed E-state index contributed by atoms with van der Waals surface area (Å²) in [5.74, 6) is -0.348. The molecule has 0 fully saturated rings. The monoisotopic (exact) mass is 479 g/mol. The fourth-order valence-electron chi connectivity index (χ4n) is 2.31. The Bertz CT molecular complexity index is 1290. The molecule has 0 aliphatic rings. The number of nitrogens with one attached hydrogen (secondary N) is 2. The highest BCUT2D eigenvalue weighted by molar-refractivity contribution is 9.10. The molecule has 0 aliphatic heterocycles. The summed E-state index contributed by atoms with van der Waals surface area (Å²) >= 11 is 6.51. The fourth-order valence-corrected chi connectivity index (χ4v) is 3.03. The van der Waals surface area contributed by atoms with Crippen LogP contribution in [-0.2, 0) is 0 Å². The third kappa shape index (κ3) is 3.94. The third-order valence-electron chi connectivity index (χ3n) is 3.44. The van der Waals surface area contributed by atoms with E-state index in [9.17, 15) is 14.4 Å². The average molecular weight is 481 g/mol. The third-order valence-corrected chi connectivity index (χ3v) is 4.42. The topological polar surface area (TPSA) is 122 Å². The van der Waals surface area contributed by atoms with Gasteiger partial charge in [0, 0.05) is 20.4 Å². The summed E-state index contributed by atoms with van der Waals surface area (Å²) in [5.41, 5.74) is 6.04. The van der Waals surface area contributed by atoms with Gasteiger partial charge in [0.1, 0.15) is 5.82 Å². The second kappa shape index (κ2) is 7.30. The van der Waals surface area contributed by atoms with Gasteiger partial charge < -0.3 is 15.1 Å². The number of halogens is 2. The minimum atomic E-state index is -0.736. The minimum Gasteiger partial charge on any atom is -0.385 e. The van der Waals surface area contributed by atoms with E-state index in [0.717, 1.165) is 14.5 Å². The van der Waals surface area contributed by atoms with Crippen molar-refractivity contribution in [3.63, 3.8) is 0 Å². The van der Waals surface area contributed by atoms with Gasteiger partial charge in [0.15, 0.2) is 5.43 Å². The Balaban J connectivity index is 0.000000151. The molecule has 26 heavy (non-hydrogen) atoms. The summed E-state index contributed by atoms with van der Waals surface area (Å²) in [6, 6.07) is 11.8. The van der Waals surface area contributed by atoms with Crippen molar-refractivity contribution < 1.29 is 4.42 Å². The Morgan fingerprint density at radius 2 is 1.38 bits per heavy atom. The zero-order valence-corrected chi connectivity index (χ0v) is 16.2. The van der Waals surface area contributed by atoms with Gasteiger partial charge in [0.05, 0.1) is 16.4 Å². The van der Waals surface area contributed by atoms with Gasteiger partial charge in [0.25, 0.3) is 0 Å². The first-order valence-electron chi connectivity index (χ1n) is 7.24. The number of benzene rings is 2. The lowest BCUT2D eigenvalue weighted by atomic mass is 10.2. The maximum atomic E-state index is 11.4. The number of anilines is 1. The molecule has 0 spiro atoms. The predicted molar refractivity (Wildman–Crippen MR) is 107 cm³/mol. The number of fused-ring (bicyclic) bond motifs is 2. The molecule has 4 N–H and O–H groups in total. The normalized spacial score (nSPS) is 10.5. The molecule has 0 amide bonds. The molecule has 0 atom stereocenters. The highest BCUT2D eigenvalue weighted by atomic mass is 79.9. The summed E-state index contributed by atoms with van der Waals surface area (Å²) in [5, 5.41) is 0.998. The molecule has 4 rings (SSSR count). The molecule has 2 heterocycles. The second-order valence-corrected chi connectivity index (χ2v) is 7.10. The standard InChI is InChI=1S/C9H7BrN2O.C8H4BrNO3/c10-5-1-2-7-6(3-5)8(13)4-9(11)12-7;9-4-1-2-6-5(3-4)7(11)13-8(12)10-6/h1-4H,(H3,11,12,13);1-3H,(H,10,12). The van der Waals surface area contributed by atoms with Crippen LogP contribution in [0.3, 0.4) is 0 Å². The number of aromatic nitrogens is 2. The van der Waals surface area contributed by atoms with Crippen molar-refractivity contribution in [1.82, 2.24) is 9.97 Å². The van der Waals surface area contributed by atoms with Gasteiger partial charge in [-0.05, 0) is 36.4 Å². The maximum absolute atomic E-state index is 11.4. The zero-order chi connectivity index (χ0) is 18.8. The lowest BCUT2D eigenvalue weighted by Gasteiger charge is -1.99.